The van der Waals surface area contributed by atoms with Crippen molar-refractivity contribution in [2.45, 2.75) is 31.2 Å². The topological polar surface area (TPSA) is 92.6 Å². The Kier molecular flexibility index (Phi) is 5.58. The molecule has 2 aromatic heterocycles. The van der Waals surface area contributed by atoms with Gasteiger partial charge in [-0.05, 0) is 57.2 Å². The number of pyridine rings is 1. The second kappa shape index (κ2) is 8.22. The van der Waals surface area contributed by atoms with Crippen molar-refractivity contribution in [1.82, 2.24) is 14.1 Å². The van der Waals surface area contributed by atoms with E-state index in [-0.39, 0.29) is 10.8 Å². The van der Waals surface area contributed by atoms with Gasteiger partial charge in [-0.15, -0.1) is 0 Å². The molecule has 0 atom stereocenters. The Morgan fingerprint density at radius 3 is 2.22 bits per heavy atom. The minimum atomic E-state index is -3.68. The number of nitrogens with one attached hydrogen (secondary N) is 2. The first-order valence-electron chi connectivity index (χ1n) is 10.1. The van der Waals surface area contributed by atoms with Crippen molar-refractivity contribution < 1.29 is 13.2 Å². The number of fused-ring (bicyclic) bond motifs is 1. The maximum atomic E-state index is 13.0. The lowest BCUT2D eigenvalue weighted by atomic mass is 10.1. The highest BCUT2D eigenvalue weighted by molar-refractivity contribution is 7.89. The van der Waals surface area contributed by atoms with Crippen LogP contribution in [0.25, 0.3) is 16.9 Å². The molecule has 0 aliphatic heterocycles. The van der Waals surface area contributed by atoms with Crippen LogP contribution in [0.4, 0.5) is 5.82 Å². The zero-order chi connectivity index (χ0) is 22.9. The van der Waals surface area contributed by atoms with E-state index in [0.29, 0.717) is 22.7 Å². The first-order valence-corrected chi connectivity index (χ1v) is 11.6. The molecule has 0 aliphatic carbocycles. The van der Waals surface area contributed by atoms with E-state index < -0.39 is 15.6 Å². The van der Waals surface area contributed by atoms with Gasteiger partial charge in [-0.2, -0.15) is 0 Å². The Labute approximate surface area is 187 Å². The minimum absolute atomic E-state index is 0.101. The molecule has 0 aliphatic rings. The normalized spacial score (nSPS) is 12.1. The number of benzene rings is 2. The third-order valence-corrected chi connectivity index (χ3v) is 6.45. The fourth-order valence-corrected chi connectivity index (χ4v) is 4.76. The van der Waals surface area contributed by atoms with Crippen LogP contribution >= 0.6 is 0 Å². The minimum Gasteiger partial charge on any atom is -0.306 e. The number of sulfonamides is 1. The van der Waals surface area contributed by atoms with E-state index in [4.69, 9.17) is 0 Å². The van der Waals surface area contributed by atoms with E-state index >= 15 is 0 Å². The van der Waals surface area contributed by atoms with Crippen LogP contribution in [0.5, 0.6) is 0 Å². The number of hydrogen-bond acceptors (Lipinski definition) is 4. The van der Waals surface area contributed by atoms with Gasteiger partial charge in [-0.25, -0.2) is 18.1 Å². The molecule has 4 aromatic rings. The van der Waals surface area contributed by atoms with Gasteiger partial charge >= 0.3 is 0 Å². The SMILES string of the molecule is CC(C)(C)NS(=O)(=O)c1ccc(C(=O)Nc2c(-c3ccccc3)nc3ccccn23)cc1. The van der Waals surface area contributed by atoms with Crippen LogP contribution in [0.2, 0.25) is 0 Å². The van der Waals surface area contributed by atoms with Gasteiger partial charge in [0.15, 0.2) is 0 Å². The number of imidazole rings is 1. The predicted molar refractivity (Wildman–Crippen MR) is 125 cm³/mol. The van der Waals surface area contributed by atoms with Crippen molar-refractivity contribution in [3.05, 3.63) is 84.6 Å². The number of anilines is 1. The first kappa shape index (κ1) is 21.7. The van der Waals surface area contributed by atoms with Gasteiger partial charge in [-0.1, -0.05) is 36.4 Å². The monoisotopic (exact) mass is 448 g/mol. The second-order valence-corrected chi connectivity index (χ2v) is 10.1. The van der Waals surface area contributed by atoms with Gasteiger partial charge < -0.3 is 5.32 Å². The molecule has 1 amide bonds. The Morgan fingerprint density at radius 1 is 0.906 bits per heavy atom. The van der Waals surface area contributed by atoms with E-state index in [1.54, 1.807) is 20.8 Å². The molecule has 7 nitrogen and oxygen atoms in total. The van der Waals surface area contributed by atoms with E-state index in [9.17, 15) is 13.2 Å². The Morgan fingerprint density at radius 2 is 1.56 bits per heavy atom. The lowest BCUT2D eigenvalue weighted by Crippen LogP contribution is -2.40. The van der Waals surface area contributed by atoms with Crippen molar-refractivity contribution in [1.29, 1.82) is 0 Å². The summed E-state index contributed by atoms with van der Waals surface area (Å²) in [6.45, 7) is 5.31. The molecular weight excluding hydrogens is 424 g/mol. The molecule has 4 rings (SSSR count). The maximum absolute atomic E-state index is 13.0. The standard InChI is InChI=1S/C24H24N4O3S/c1-24(2,3)27-32(30,31)19-14-12-18(13-15-19)23(29)26-22-21(17-9-5-4-6-10-17)25-20-11-7-8-16-28(20)22/h4-16,27H,1-3H3,(H,26,29). The van der Waals surface area contributed by atoms with Crippen LogP contribution in [-0.4, -0.2) is 29.2 Å². The molecule has 0 saturated heterocycles. The molecule has 2 N–H and O–H groups in total. The Bertz CT molecular complexity index is 1370. The third kappa shape index (κ3) is 4.56. The molecule has 8 heteroatoms. The highest BCUT2D eigenvalue weighted by Crippen LogP contribution is 2.29. The zero-order valence-corrected chi connectivity index (χ0v) is 18.8. The molecule has 2 heterocycles. The number of amides is 1. The molecule has 164 valence electrons. The molecule has 0 unspecified atom stereocenters. The Hall–Kier alpha value is -3.49. The predicted octanol–water partition coefficient (Wildman–Crippen LogP) is 4.33. The average molecular weight is 449 g/mol. The van der Waals surface area contributed by atoms with Crippen LogP contribution in [0, 0.1) is 0 Å². The molecule has 2 aromatic carbocycles. The fourth-order valence-electron chi connectivity index (χ4n) is 3.34. The maximum Gasteiger partial charge on any atom is 0.256 e. The summed E-state index contributed by atoms with van der Waals surface area (Å²) < 4.78 is 29.4. The fraction of sp³-hybridized carbons (Fsp3) is 0.167. The van der Waals surface area contributed by atoms with Crippen LogP contribution < -0.4 is 10.0 Å². The summed E-state index contributed by atoms with van der Waals surface area (Å²) in [5, 5.41) is 2.94. The summed E-state index contributed by atoms with van der Waals surface area (Å²) in [6.07, 6.45) is 1.83. The van der Waals surface area contributed by atoms with Crippen LogP contribution in [-0.2, 0) is 10.0 Å². The summed E-state index contributed by atoms with van der Waals surface area (Å²) in [7, 11) is -3.68. The second-order valence-electron chi connectivity index (χ2n) is 8.44. The number of carbonyl (C=O) groups excluding carboxylic acids is 1. The van der Waals surface area contributed by atoms with Crippen molar-refractivity contribution in [2.75, 3.05) is 5.32 Å². The third-order valence-electron chi connectivity index (χ3n) is 4.68. The lowest BCUT2D eigenvalue weighted by Gasteiger charge is -2.20. The van der Waals surface area contributed by atoms with E-state index in [0.717, 1.165) is 5.56 Å². The van der Waals surface area contributed by atoms with Gasteiger partial charge in [-0.3, -0.25) is 9.20 Å². The summed E-state index contributed by atoms with van der Waals surface area (Å²) in [5.74, 6) is 0.184. The smallest absolute Gasteiger partial charge is 0.256 e. The van der Waals surface area contributed by atoms with E-state index in [1.165, 1.54) is 24.3 Å². The van der Waals surface area contributed by atoms with Gasteiger partial charge in [0.05, 0.1) is 4.90 Å². The van der Waals surface area contributed by atoms with Crippen LogP contribution in [0.3, 0.4) is 0 Å². The van der Waals surface area contributed by atoms with Gasteiger partial charge in [0, 0.05) is 22.9 Å². The molecule has 32 heavy (non-hydrogen) atoms. The molecule has 0 radical (unpaired) electrons. The van der Waals surface area contributed by atoms with Crippen molar-refractivity contribution in [3.8, 4) is 11.3 Å². The molecule has 0 bridgehead atoms. The highest BCUT2D eigenvalue weighted by atomic mass is 32.2. The Balaban J connectivity index is 1.65. The highest BCUT2D eigenvalue weighted by Gasteiger charge is 2.22. The van der Waals surface area contributed by atoms with Crippen molar-refractivity contribution >= 4 is 27.4 Å². The van der Waals surface area contributed by atoms with E-state index in [2.05, 4.69) is 15.0 Å². The van der Waals surface area contributed by atoms with Gasteiger partial charge in [0.2, 0.25) is 10.0 Å². The lowest BCUT2D eigenvalue weighted by molar-refractivity contribution is 0.102. The summed E-state index contributed by atoms with van der Waals surface area (Å²) >= 11 is 0. The quantitative estimate of drug-likeness (QED) is 0.475. The average Bonchev–Trinajstić information content (AvgIpc) is 3.11. The molecule has 0 fully saturated rings. The number of rotatable bonds is 5. The summed E-state index contributed by atoms with van der Waals surface area (Å²) in [4.78, 5) is 17.8. The number of hydrogen-bond donors (Lipinski definition) is 2. The molecule has 0 spiro atoms. The molecule has 0 saturated carbocycles. The summed E-state index contributed by atoms with van der Waals surface area (Å²) in [5.41, 5.74) is 1.96. The molecular formula is C24H24N4O3S. The van der Waals surface area contributed by atoms with Crippen LogP contribution in [0.1, 0.15) is 31.1 Å². The first-order chi connectivity index (χ1) is 15.1. The summed E-state index contributed by atoms with van der Waals surface area (Å²) in [6, 6.07) is 21.1. The van der Waals surface area contributed by atoms with E-state index in [1.807, 2.05) is 59.1 Å². The van der Waals surface area contributed by atoms with Crippen molar-refractivity contribution in [2.24, 2.45) is 0 Å². The van der Waals surface area contributed by atoms with Crippen molar-refractivity contribution in [3.63, 3.8) is 0 Å². The largest absolute Gasteiger partial charge is 0.306 e. The van der Waals surface area contributed by atoms with Gasteiger partial charge in [0.1, 0.15) is 17.2 Å². The number of aromatic nitrogens is 2. The van der Waals surface area contributed by atoms with Gasteiger partial charge in [0.25, 0.3) is 5.91 Å². The number of carbonyl (C=O) groups is 1. The number of nitrogens with zero attached hydrogens (tertiary/aromatic N) is 2. The zero-order valence-electron chi connectivity index (χ0n) is 18.0. The van der Waals surface area contributed by atoms with Crippen LogP contribution in [0.15, 0.2) is 83.9 Å².